The first kappa shape index (κ1) is 18.1. The van der Waals surface area contributed by atoms with Gasteiger partial charge >= 0.3 is 0 Å². The molecule has 2 N–H and O–H groups in total. The molecule has 0 aliphatic carbocycles. The molecule has 0 aliphatic heterocycles. The van der Waals surface area contributed by atoms with Crippen LogP contribution in [0.3, 0.4) is 0 Å². The summed E-state index contributed by atoms with van der Waals surface area (Å²) < 4.78 is 12.9. The first-order valence-electron chi connectivity index (χ1n) is 7.69. The van der Waals surface area contributed by atoms with E-state index in [2.05, 4.69) is 10.6 Å². The van der Waals surface area contributed by atoms with E-state index in [9.17, 15) is 14.0 Å². The molecular weight excluding hydrogens is 283 g/mol. The molecular formula is C17H25FN2O2. The molecule has 0 aromatic heterocycles. The van der Waals surface area contributed by atoms with Crippen molar-refractivity contribution in [1.29, 1.82) is 0 Å². The summed E-state index contributed by atoms with van der Waals surface area (Å²) >= 11 is 0. The predicted molar refractivity (Wildman–Crippen MR) is 84.7 cm³/mol. The smallest absolute Gasteiger partial charge is 0.220 e. The Bertz CT molecular complexity index is 498. The van der Waals surface area contributed by atoms with Gasteiger partial charge in [0.2, 0.25) is 11.8 Å². The van der Waals surface area contributed by atoms with E-state index in [-0.39, 0.29) is 17.6 Å². The van der Waals surface area contributed by atoms with Crippen molar-refractivity contribution in [2.75, 3.05) is 6.54 Å². The van der Waals surface area contributed by atoms with Gasteiger partial charge in [-0.05, 0) is 44.4 Å². The van der Waals surface area contributed by atoms with E-state index in [1.54, 1.807) is 12.1 Å². The molecule has 0 radical (unpaired) electrons. The maximum atomic E-state index is 12.9. The monoisotopic (exact) mass is 308 g/mol. The zero-order valence-electron chi connectivity index (χ0n) is 13.5. The summed E-state index contributed by atoms with van der Waals surface area (Å²) in [5.74, 6) is -0.436. The molecule has 1 rings (SSSR count). The van der Waals surface area contributed by atoms with Crippen molar-refractivity contribution in [1.82, 2.24) is 10.6 Å². The van der Waals surface area contributed by atoms with Crippen LogP contribution >= 0.6 is 0 Å². The van der Waals surface area contributed by atoms with Gasteiger partial charge in [-0.3, -0.25) is 9.59 Å². The van der Waals surface area contributed by atoms with Crippen LogP contribution in [0.5, 0.6) is 0 Å². The number of hydrogen-bond donors (Lipinski definition) is 2. The lowest BCUT2D eigenvalue weighted by Crippen LogP contribution is -2.41. The highest BCUT2D eigenvalue weighted by Gasteiger charge is 2.22. The maximum absolute atomic E-state index is 12.9. The fourth-order valence-corrected chi connectivity index (χ4v) is 2.11. The first-order chi connectivity index (χ1) is 10.3. The minimum Gasteiger partial charge on any atom is -0.356 e. The van der Waals surface area contributed by atoms with Gasteiger partial charge in [-0.25, -0.2) is 4.39 Å². The zero-order chi connectivity index (χ0) is 16.6. The average Bonchev–Trinajstić information content (AvgIpc) is 2.45. The highest BCUT2D eigenvalue weighted by Crippen LogP contribution is 2.20. The number of halogens is 1. The van der Waals surface area contributed by atoms with Crippen molar-refractivity contribution in [3.63, 3.8) is 0 Å². The molecule has 0 aliphatic rings. The number of rotatable bonds is 8. The van der Waals surface area contributed by atoms with Crippen LogP contribution in [0.15, 0.2) is 24.3 Å². The van der Waals surface area contributed by atoms with Crippen LogP contribution in [0.2, 0.25) is 0 Å². The molecule has 0 saturated heterocycles. The number of carbonyl (C=O) groups excluding carboxylic acids is 2. The van der Waals surface area contributed by atoms with Gasteiger partial charge in [-0.15, -0.1) is 0 Å². The molecule has 1 aromatic carbocycles. The number of carbonyl (C=O) groups is 2. The van der Waals surface area contributed by atoms with Gasteiger partial charge in [-0.2, -0.15) is 0 Å². The molecule has 0 atom stereocenters. The van der Waals surface area contributed by atoms with Gasteiger partial charge < -0.3 is 10.6 Å². The van der Waals surface area contributed by atoms with E-state index < -0.39 is 5.54 Å². The van der Waals surface area contributed by atoms with E-state index in [0.717, 1.165) is 12.0 Å². The molecule has 122 valence electrons. The molecule has 0 spiro atoms. The summed E-state index contributed by atoms with van der Waals surface area (Å²) in [5.41, 5.74) is 0.262. The number of hydrogen-bond acceptors (Lipinski definition) is 2. The summed E-state index contributed by atoms with van der Waals surface area (Å²) in [4.78, 5) is 23.4. The third-order valence-corrected chi connectivity index (χ3v) is 3.40. The van der Waals surface area contributed by atoms with Gasteiger partial charge in [0.15, 0.2) is 0 Å². The molecule has 4 nitrogen and oxygen atoms in total. The standard InChI is InChI=1S/C17H25FN2O2/c1-4-12-19-15(21)6-5-7-16(22)20-17(2,3)13-8-10-14(18)11-9-13/h8-11H,4-7,12H2,1-3H3,(H,19,21)(H,20,22). The highest BCUT2D eigenvalue weighted by molar-refractivity contribution is 5.79. The van der Waals surface area contributed by atoms with Crippen molar-refractivity contribution in [2.45, 2.75) is 52.0 Å². The second kappa shape index (κ2) is 8.51. The van der Waals surface area contributed by atoms with Gasteiger partial charge in [0.05, 0.1) is 5.54 Å². The lowest BCUT2D eigenvalue weighted by molar-refractivity contribution is -0.123. The summed E-state index contributed by atoms with van der Waals surface area (Å²) in [6.07, 6.45) is 2.06. The van der Waals surface area contributed by atoms with Crippen molar-refractivity contribution in [2.24, 2.45) is 0 Å². The van der Waals surface area contributed by atoms with Crippen LogP contribution < -0.4 is 10.6 Å². The van der Waals surface area contributed by atoms with Crippen molar-refractivity contribution in [3.05, 3.63) is 35.6 Å². The Morgan fingerprint density at radius 2 is 1.68 bits per heavy atom. The van der Waals surface area contributed by atoms with E-state index in [1.807, 2.05) is 20.8 Å². The third-order valence-electron chi connectivity index (χ3n) is 3.40. The average molecular weight is 308 g/mol. The van der Waals surface area contributed by atoms with Crippen LogP contribution in [0.4, 0.5) is 4.39 Å². The SMILES string of the molecule is CCCNC(=O)CCCC(=O)NC(C)(C)c1ccc(F)cc1. The Balaban J connectivity index is 2.40. The Kier molecular flexibility index (Phi) is 7.02. The van der Waals surface area contributed by atoms with E-state index in [4.69, 9.17) is 0 Å². The molecule has 0 saturated carbocycles. The molecule has 1 aromatic rings. The molecule has 0 bridgehead atoms. The van der Waals surface area contributed by atoms with Crippen LogP contribution in [-0.2, 0) is 15.1 Å². The number of amides is 2. The molecule has 0 fully saturated rings. The quantitative estimate of drug-likeness (QED) is 0.776. The van der Waals surface area contributed by atoms with E-state index >= 15 is 0 Å². The molecule has 0 unspecified atom stereocenters. The van der Waals surface area contributed by atoms with Crippen LogP contribution in [-0.4, -0.2) is 18.4 Å². The second-order valence-electron chi connectivity index (χ2n) is 5.88. The fourth-order valence-electron chi connectivity index (χ4n) is 2.11. The van der Waals surface area contributed by atoms with Gasteiger partial charge in [0.1, 0.15) is 5.82 Å². The fraction of sp³-hybridized carbons (Fsp3) is 0.529. The van der Waals surface area contributed by atoms with Crippen molar-refractivity contribution >= 4 is 11.8 Å². The Hall–Kier alpha value is -1.91. The maximum Gasteiger partial charge on any atom is 0.220 e. The molecule has 22 heavy (non-hydrogen) atoms. The minimum absolute atomic E-state index is 0.0209. The Morgan fingerprint density at radius 1 is 1.09 bits per heavy atom. The minimum atomic E-state index is -0.574. The van der Waals surface area contributed by atoms with Gasteiger partial charge in [0.25, 0.3) is 0 Å². The van der Waals surface area contributed by atoms with Gasteiger partial charge in [-0.1, -0.05) is 19.1 Å². The van der Waals surface area contributed by atoms with Gasteiger partial charge in [0, 0.05) is 19.4 Å². The van der Waals surface area contributed by atoms with Crippen molar-refractivity contribution in [3.8, 4) is 0 Å². The third kappa shape index (κ3) is 6.24. The zero-order valence-corrected chi connectivity index (χ0v) is 13.5. The Labute approximate surface area is 131 Å². The molecule has 2 amide bonds. The van der Waals surface area contributed by atoms with E-state index in [1.165, 1.54) is 12.1 Å². The highest BCUT2D eigenvalue weighted by atomic mass is 19.1. The van der Waals surface area contributed by atoms with Crippen LogP contribution in [0.25, 0.3) is 0 Å². The van der Waals surface area contributed by atoms with Crippen LogP contribution in [0, 0.1) is 5.82 Å². The van der Waals surface area contributed by atoms with E-state index in [0.29, 0.717) is 25.8 Å². The summed E-state index contributed by atoms with van der Waals surface area (Å²) in [6.45, 7) is 6.39. The predicted octanol–water partition coefficient (Wildman–Crippen LogP) is 2.87. The number of nitrogens with one attached hydrogen (secondary N) is 2. The largest absolute Gasteiger partial charge is 0.356 e. The summed E-state index contributed by atoms with van der Waals surface area (Å²) in [5, 5.41) is 5.70. The normalized spacial score (nSPS) is 11.1. The number of benzene rings is 1. The topological polar surface area (TPSA) is 58.2 Å². The molecule has 5 heteroatoms. The molecule has 0 heterocycles. The van der Waals surface area contributed by atoms with Crippen molar-refractivity contribution < 1.29 is 14.0 Å². The summed E-state index contributed by atoms with van der Waals surface area (Å²) in [7, 11) is 0. The van der Waals surface area contributed by atoms with Crippen LogP contribution in [0.1, 0.15) is 52.0 Å². The lowest BCUT2D eigenvalue weighted by atomic mass is 9.94. The second-order valence-corrected chi connectivity index (χ2v) is 5.88. The first-order valence-corrected chi connectivity index (χ1v) is 7.69. The lowest BCUT2D eigenvalue weighted by Gasteiger charge is -2.27. The Morgan fingerprint density at radius 3 is 2.27 bits per heavy atom. The summed E-state index contributed by atoms with van der Waals surface area (Å²) in [6, 6.07) is 6.07.